The number of aliphatic hydroxyl groups excluding tert-OH is 1. The van der Waals surface area contributed by atoms with E-state index in [9.17, 15) is 9.90 Å². The molecule has 2 N–H and O–H groups in total. The Morgan fingerprint density at radius 3 is 2.84 bits per heavy atom. The van der Waals surface area contributed by atoms with Crippen LogP contribution in [-0.4, -0.2) is 32.9 Å². The molecule has 1 aliphatic rings. The summed E-state index contributed by atoms with van der Waals surface area (Å²) in [4.78, 5) is 12.3. The number of nitrogens with zero attached hydrogens (tertiary/aromatic N) is 2. The van der Waals surface area contributed by atoms with Gasteiger partial charge in [0, 0.05) is 6.54 Å². The molecular weight excluding hydrogens is 242 g/mol. The van der Waals surface area contributed by atoms with Crippen LogP contribution in [0.1, 0.15) is 55.7 Å². The van der Waals surface area contributed by atoms with Crippen LogP contribution in [0.5, 0.6) is 0 Å². The predicted octanol–water partition coefficient (Wildman–Crippen LogP) is 1.50. The molecule has 0 aliphatic heterocycles. The van der Waals surface area contributed by atoms with Crippen LogP contribution in [0.2, 0.25) is 0 Å². The summed E-state index contributed by atoms with van der Waals surface area (Å²) in [6.45, 7) is 4.67. The summed E-state index contributed by atoms with van der Waals surface area (Å²) in [5.41, 5.74) is 1.52. The van der Waals surface area contributed by atoms with Crippen molar-refractivity contribution in [3.05, 3.63) is 17.5 Å². The molecule has 5 heteroatoms. The molecule has 0 bridgehead atoms. The molecule has 5 nitrogen and oxygen atoms in total. The van der Waals surface area contributed by atoms with Gasteiger partial charge in [-0.25, -0.2) is 0 Å². The summed E-state index contributed by atoms with van der Waals surface area (Å²) >= 11 is 0. The van der Waals surface area contributed by atoms with Gasteiger partial charge in [0.05, 0.1) is 17.8 Å². The topological polar surface area (TPSA) is 67.2 Å². The molecule has 1 aromatic heterocycles. The minimum Gasteiger partial charge on any atom is -0.391 e. The van der Waals surface area contributed by atoms with E-state index < -0.39 is 6.10 Å². The van der Waals surface area contributed by atoms with Gasteiger partial charge in [-0.1, -0.05) is 19.8 Å². The highest BCUT2D eigenvalue weighted by Crippen LogP contribution is 2.19. The van der Waals surface area contributed by atoms with Crippen LogP contribution in [-0.2, 0) is 13.0 Å². The number of carbonyl (C=O) groups is 1. The summed E-state index contributed by atoms with van der Waals surface area (Å²) in [6, 6.07) is 1.72. The Kier molecular flexibility index (Phi) is 4.58. The quantitative estimate of drug-likeness (QED) is 0.867. The van der Waals surface area contributed by atoms with Crippen molar-refractivity contribution >= 4 is 5.91 Å². The summed E-state index contributed by atoms with van der Waals surface area (Å²) < 4.78 is 1.73. The number of carbonyl (C=O) groups excluding carboxylic acids is 1. The lowest BCUT2D eigenvalue weighted by Gasteiger charge is -2.28. The first kappa shape index (κ1) is 14.1. The van der Waals surface area contributed by atoms with Crippen molar-refractivity contribution in [2.45, 2.75) is 64.6 Å². The second kappa shape index (κ2) is 6.19. The fourth-order valence-corrected chi connectivity index (χ4v) is 2.59. The Bertz CT molecular complexity index is 442. The number of rotatable bonds is 4. The molecule has 2 rings (SSSR count). The van der Waals surface area contributed by atoms with E-state index in [1.54, 1.807) is 4.68 Å². The van der Waals surface area contributed by atoms with Crippen molar-refractivity contribution in [2.75, 3.05) is 0 Å². The van der Waals surface area contributed by atoms with Gasteiger partial charge in [0.25, 0.3) is 5.91 Å². The molecule has 106 valence electrons. The molecule has 1 fully saturated rings. The zero-order valence-electron chi connectivity index (χ0n) is 11.7. The van der Waals surface area contributed by atoms with E-state index in [2.05, 4.69) is 10.4 Å². The van der Waals surface area contributed by atoms with Crippen LogP contribution in [0, 0.1) is 0 Å². The third-order valence-corrected chi connectivity index (χ3v) is 3.77. The molecule has 0 aromatic carbocycles. The lowest BCUT2D eigenvalue weighted by molar-refractivity contribution is 0.0710. The zero-order valence-corrected chi connectivity index (χ0v) is 11.7. The average Bonchev–Trinajstić information content (AvgIpc) is 2.84. The Morgan fingerprint density at radius 2 is 2.21 bits per heavy atom. The minimum atomic E-state index is -0.415. The smallest absolute Gasteiger partial charge is 0.269 e. The summed E-state index contributed by atoms with van der Waals surface area (Å²) in [6.07, 6.45) is 4.14. The molecule has 0 saturated heterocycles. The fraction of sp³-hybridized carbons (Fsp3) is 0.714. The number of aromatic nitrogens is 2. The highest BCUT2D eigenvalue weighted by Gasteiger charge is 2.26. The minimum absolute atomic E-state index is 0.119. The Hall–Kier alpha value is -1.36. The second-order valence-corrected chi connectivity index (χ2v) is 5.12. The van der Waals surface area contributed by atoms with Crippen LogP contribution in [0.3, 0.4) is 0 Å². The van der Waals surface area contributed by atoms with Gasteiger partial charge in [0.1, 0.15) is 5.69 Å². The molecule has 2 atom stereocenters. The number of hydrogen-bond acceptors (Lipinski definition) is 3. The molecule has 1 saturated carbocycles. The first-order chi connectivity index (χ1) is 9.15. The maximum absolute atomic E-state index is 12.3. The second-order valence-electron chi connectivity index (χ2n) is 5.12. The van der Waals surface area contributed by atoms with Crippen molar-refractivity contribution < 1.29 is 9.90 Å². The van der Waals surface area contributed by atoms with E-state index in [0.717, 1.165) is 37.8 Å². The van der Waals surface area contributed by atoms with Crippen LogP contribution < -0.4 is 5.32 Å². The molecule has 1 heterocycles. The Morgan fingerprint density at radius 1 is 1.47 bits per heavy atom. The molecule has 1 aromatic rings. The lowest BCUT2D eigenvalue weighted by atomic mass is 9.92. The van der Waals surface area contributed by atoms with E-state index >= 15 is 0 Å². The molecule has 1 amide bonds. The van der Waals surface area contributed by atoms with E-state index in [-0.39, 0.29) is 11.9 Å². The normalized spacial score (nSPS) is 23.3. The maximum atomic E-state index is 12.3. The standard InChI is InChI=1S/C14H23N3O2/c1-3-10-9-12(17(4-2)16-10)14(19)15-11-7-5-6-8-13(11)18/h9,11,13,18H,3-8H2,1-2H3,(H,15,19)/t11-,13-/m0/s1. The maximum Gasteiger partial charge on any atom is 0.269 e. The first-order valence-corrected chi connectivity index (χ1v) is 7.21. The molecule has 1 aliphatic carbocycles. The predicted molar refractivity (Wildman–Crippen MR) is 73.0 cm³/mol. The van der Waals surface area contributed by atoms with Crippen molar-refractivity contribution in [3.8, 4) is 0 Å². The lowest BCUT2D eigenvalue weighted by Crippen LogP contribution is -2.45. The third-order valence-electron chi connectivity index (χ3n) is 3.77. The van der Waals surface area contributed by atoms with Crippen LogP contribution in [0.15, 0.2) is 6.07 Å². The van der Waals surface area contributed by atoms with Crippen molar-refractivity contribution in [3.63, 3.8) is 0 Å². The van der Waals surface area contributed by atoms with Crippen LogP contribution in [0.4, 0.5) is 0 Å². The highest BCUT2D eigenvalue weighted by atomic mass is 16.3. The van der Waals surface area contributed by atoms with Crippen LogP contribution >= 0.6 is 0 Å². The average molecular weight is 265 g/mol. The van der Waals surface area contributed by atoms with Gasteiger partial charge < -0.3 is 10.4 Å². The molecule has 0 spiro atoms. The monoisotopic (exact) mass is 265 g/mol. The molecular formula is C14H23N3O2. The number of aryl methyl sites for hydroxylation is 2. The van der Waals surface area contributed by atoms with Crippen molar-refractivity contribution in [1.82, 2.24) is 15.1 Å². The molecule has 0 radical (unpaired) electrons. The number of hydrogen-bond donors (Lipinski definition) is 2. The van der Waals surface area contributed by atoms with Gasteiger partial charge in [-0.2, -0.15) is 5.10 Å². The first-order valence-electron chi connectivity index (χ1n) is 7.21. The Balaban J connectivity index is 2.08. The largest absolute Gasteiger partial charge is 0.391 e. The highest BCUT2D eigenvalue weighted by molar-refractivity contribution is 5.92. The van der Waals surface area contributed by atoms with Gasteiger partial charge in [-0.05, 0) is 32.3 Å². The van der Waals surface area contributed by atoms with Crippen molar-refractivity contribution in [2.24, 2.45) is 0 Å². The van der Waals surface area contributed by atoms with Gasteiger partial charge >= 0.3 is 0 Å². The third kappa shape index (κ3) is 3.15. The number of nitrogens with one attached hydrogen (secondary N) is 1. The fourth-order valence-electron chi connectivity index (χ4n) is 2.59. The van der Waals surface area contributed by atoms with E-state index in [0.29, 0.717) is 12.2 Å². The molecule has 19 heavy (non-hydrogen) atoms. The molecule has 0 unspecified atom stereocenters. The van der Waals surface area contributed by atoms with Gasteiger partial charge in [-0.3, -0.25) is 9.48 Å². The van der Waals surface area contributed by atoms with Crippen LogP contribution in [0.25, 0.3) is 0 Å². The number of aliphatic hydroxyl groups is 1. The van der Waals surface area contributed by atoms with E-state index in [4.69, 9.17) is 0 Å². The Labute approximate surface area is 114 Å². The zero-order chi connectivity index (χ0) is 13.8. The van der Waals surface area contributed by atoms with E-state index in [1.807, 2.05) is 19.9 Å². The van der Waals surface area contributed by atoms with Crippen molar-refractivity contribution in [1.29, 1.82) is 0 Å². The summed E-state index contributed by atoms with van der Waals surface area (Å²) in [5, 5.41) is 17.2. The van der Waals surface area contributed by atoms with Gasteiger partial charge in [-0.15, -0.1) is 0 Å². The van der Waals surface area contributed by atoms with Gasteiger partial charge in [0.15, 0.2) is 0 Å². The van der Waals surface area contributed by atoms with Gasteiger partial charge in [0.2, 0.25) is 0 Å². The summed E-state index contributed by atoms with van der Waals surface area (Å²) in [7, 11) is 0. The SMILES string of the molecule is CCc1cc(C(=O)N[C@H]2CCCC[C@@H]2O)n(CC)n1. The number of amides is 1. The van der Waals surface area contributed by atoms with E-state index in [1.165, 1.54) is 0 Å². The summed E-state index contributed by atoms with van der Waals surface area (Å²) in [5.74, 6) is -0.125.